The molecule has 5 atom stereocenters. The summed E-state index contributed by atoms with van der Waals surface area (Å²) in [6.07, 6.45) is -3.09. The number of aliphatic hydroxyl groups is 1. The molecule has 17 nitrogen and oxygen atoms in total. The first-order chi connectivity index (χ1) is 13.6. The molecule has 2 rings (SSSR count). The second-order valence-electron chi connectivity index (χ2n) is 5.62. The minimum atomic E-state index is -6.13. The van der Waals surface area contributed by atoms with Crippen LogP contribution in [-0.4, -0.2) is 39.8 Å². The average Bonchev–Trinajstić information content (AvgIpc) is 2.90. The van der Waals surface area contributed by atoms with Crippen LogP contribution in [0.3, 0.4) is 0 Å². The molecule has 34 heavy (non-hydrogen) atoms. The van der Waals surface area contributed by atoms with Crippen LogP contribution in [0.4, 0.5) is 5.82 Å². The van der Waals surface area contributed by atoms with E-state index in [1.165, 1.54) is 0 Å². The molecule has 0 bridgehead atoms. The molecule has 1 fully saturated rings. The second kappa shape index (κ2) is 16.7. The Morgan fingerprint density at radius 2 is 1.71 bits per heavy atom. The predicted molar refractivity (Wildman–Crippen MR) is 83.8 cm³/mol. The molecular weight excluding hydrogens is 571 g/mol. The number of phosphoric acid groups is 3. The number of nitrogen functional groups attached to an aromatic ring is 1. The van der Waals surface area contributed by atoms with Crippen LogP contribution in [0.1, 0.15) is 23.0 Å². The number of hydrogen-bond acceptors (Lipinski definition) is 16. The third-order valence-electron chi connectivity index (χ3n) is 3.45. The van der Waals surface area contributed by atoms with Gasteiger partial charge in [-0.25, -0.2) is 9.11 Å². The Morgan fingerprint density at radius 1 is 1.15 bits per heavy atom. The summed E-state index contributed by atoms with van der Waals surface area (Å²) in [7, 11) is -18.1. The number of aliphatic hydroxyl groups excluding tert-OH is 1. The Bertz CT molecular complexity index is 1020. The summed E-state index contributed by atoms with van der Waals surface area (Å²) in [5.74, 6) is -0.348. The van der Waals surface area contributed by atoms with Crippen LogP contribution in [0.2, 0.25) is 0 Å². The van der Waals surface area contributed by atoms with Gasteiger partial charge in [-0.1, -0.05) is 0 Å². The predicted octanol–water partition coefficient (Wildman–Crippen LogP) is -15.9. The van der Waals surface area contributed by atoms with E-state index in [0.29, 0.717) is 6.29 Å². The zero-order valence-corrected chi connectivity index (χ0v) is 29.1. The molecule has 0 spiro atoms. The van der Waals surface area contributed by atoms with Gasteiger partial charge in [0.15, 0.2) is 6.29 Å². The fraction of sp³-hybridized carbons (Fsp3) is 0.500. The fourth-order valence-electron chi connectivity index (χ4n) is 2.28. The Hall–Kier alpha value is 2.68. The van der Waals surface area contributed by atoms with E-state index in [2.05, 4.69) is 18.1 Å². The van der Waals surface area contributed by atoms with Crippen molar-refractivity contribution < 1.29 is 179 Å². The largest absolute Gasteiger partial charge is 1.00 e. The summed E-state index contributed by atoms with van der Waals surface area (Å²) in [6.45, 7) is -1.04. The van der Waals surface area contributed by atoms with E-state index in [9.17, 15) is 48.0 Å². The number of nitrogens with zero attached hydrogens (tertiary/aromatic N) is 2. The Balaban J connectivity index is -0.00000240. The Labute approximate surface area is 280 Å². The number of carbonyl (C=O) groups is 1. The number of rotatable bonds is 9. The fourth-order valence-corrected chi connectivity index (χ4v) is 5.14. The number of anilines is 1. The van der Waals surface area contributed by atoms with Crippen molar-refractivity contribution in [1.29, 1.82) is 0 Å². The second-order valence-corrected chi connectivity index (χ2v) is 9.87. The molecule has 0 radical (unpaired) electrons. The first-order valence-corrected chi connectivity index (χ1v) is 11.9. The molecule has 0 aromatic carbocycles. The van der Waals surface area contributed by atoms with Crippen molar-refractivity contribution in [2.24, 2.45) is 0 Å². The van der Waals surface area contributed by atoms with Gasteiger partial charge in [-0.05, 0) is 0 Å². The average molecular weight is 583 g/mol. The molecule has 1 aromatic heterocycles. The molecule has 0 saturated carbocycles. The summed E-state index contributed by atoms with van der Waals surface area (Å²) in [5.41, 5.74) is 4.27. The number of aromatic nitrogens is 2. The number of carbonyl (C=O) groups excluding carboxylic acids is 1. The minimum absolute atomic E-state index is 0. The number of ether oxygens (including phenoxy) is 1. The SMILES string of the molecule is Nc1nc(=O)n([C@H]2C[C@H](O)[C@@H](COP(=O)([O-])OP(=O)([O-])OP(=O)([O-])[O-])O2)cc1C=O.[Na+].[Na+].[Na+].[Na+]. The Kier molecular flexibility index (Phi) is 20.2. The van der Waals surface area contributed by atoms with E-state index in [4.69, 9.17) is 10.5 Å². The van der Waals surface area contributed by atoms with E-state index >= 15 is 0 Å². The topological polar surface area (TPSA) is 279 Å². The molecule has 24 heteroatoms. The maximum atomic E-state index is 11.9. The first kappa shape index (κ1) is 41.2. The van der Waals surface area contributed by atoms with Gasteiger partial charge in [0.1, 0.15) is 18.1 Å². The molecule has 3 N–H and O–H groups in total. The van der Waals surface area contributed by atoms with Crippen molar-refractivity contribution in [2.75, 3.05) is 12.3 Å². The van der Waals surface area contributed by atoms with Gasteiger partial charge < -0.3 is 44.2 Å². The van der Waals surface area contributed by atoms with Crippen molar-refractivity contribution in [2.45, 2.75) is 24.9 Å². The molecule has 1 aliphatic heterocycles. The van der Waals surface area contributed by atoms with E-state index in [1.54, 1.807) is 0 Å². The van der Waals surface area contributed by atoms with Gasteiger partial charge >= 0.3 is 124 Å². The molecule has 0 amide bonds. The van der Waals surface area contributed by atoms with E-state index in [1.807, 2.05) is 0 Å². The maximum absolute atomic E-state index is 11.9. The summed E-state index contributed by atoms with van der Waals surface area (Å²) in [4.78, 5) is 69.3. The van der Waals surface area contributed by atoms with E-state index in [0.717, 1.165) is 10.8 Å². The van der Waals surface area contributed by atoms with Gasteiger partial charge in [0.05, 0.1) is 26.1 Å². The third kappa shape index (κ3) is 13.2. The quantitative estimate of drug-likeness (QED) is 0.155. The van der Waals surface area contributed by atoms with Crippen molar-refractivity contribution in [3.05, 3.63) is 22.2 Å². The van der Waals surface area contributed by atoms with Crippen LogP contribution in [0.5, 0.6) is 0 Å². The van der Waals surface area contributed by atoms with Gasteiger partial charge in [0.25, 0.3) is 15.6 Å². The molecule has 2 unspecified atom stereocenters. The molecule has 1 saturated heterocycles. The molecule has 2 heterocycles. The molecule has 0 aliphatic carbocycles. The zero-order valence-electron chi connectivity index (χ0n) is 18.4. The van der Waals surface area contributed by atoms with Crippen molar-refractivity contribution in [3.63, 3.8) is 0 Å². The summed E-state index contributed by atoms with van der Waals surface area (Å²) < 4.78 is 49.4. The van der Waals surface area contributed by atoms with Gasteiger partial charge in [-0.3, -0.25) is 22.8 Å². The normalized spacial score (nSPS) is 23.0. The van der Waals surface area contributed by atoms with Crippen molar-refractivity contribution in [3.8, 4) is 0 Å². The van der Waals surface area contributed by atoms with E-state index < -0.39 is 54.2 Å². The van der Waals surface area contributed by atoms with Crippen LogP contribution < -0.4 is 149 Å². The van der Waals surface area contributed by atoms with Crippen LogP contribution in [0.15, 0.2) is 11.0 Å². The van der Waals surface area contributed by atoms with Gasteiger partial charge in [0, 0.05) is 12.6 Å². The van der Waals surface area contributed by atoms with Crippen LogP contribution >= 0.6 is 23.5 Å². The van der Waals surface area contributed by atoms with Gasteiger partial charge in [0.2, 0.25) is 0 Å². The van der Waals surface area contributed by atoms with E-state index in [-0.39, 0.29) is 136 Å². The summed E-state index contributed by atoms with van der Waals surface area (Å²) in [6, 6.07) is 0. The smallest absolute Gasteiger partial charge is 0.790 e. The third-order valence-corrected chi connectivity index (χ3v) is 7.11. The first-order valence-electron chi connectivity index (χ1n) is 7.51. The monoisotopic (exact) mass is 583 g/mol. The molecule has 170 valence electrons. The molecular formula is C10H12N3Na4O14P3. The minimum Gasteiger partial charge on any atom is -0.790 e. The standard InChI is InChI=1S/C10H16N3O14P3.4Na/c11-9-5(3-14)2-13(10(16)12-9)8-1-6(15)7(25-8)4-24-29(20,21)27-30(22,23)26-28(17,18)19;;;;/h2-3,6-8,15H,1,4H2,(H,20,21)(H,22,23)(H2,11,12,16)(H2,17,18,19);;;;/q;4*+1/p-4/t6-,7+,8+;;;;/m0..../s1. The number of hydrogen-bond donors (Lipinski definition) is 2. The summed E-state index contributed by atoms with van der Waals surface area (Å²) in [5, 5.41) is 9.95. The van der Waals surface area contributed by atoms with Crippen molar-refractivity contribution >= 4 is 35.6 Å². The van der Waals surface area contributed by atoms with Crippen LogP contribution in [0.25, 0.3) is 0 Å². The van der Waals surface area contributed by atoms with Crippen LogP contribution in [-0.2, 0) is 31.6 Å². The van der Waals surface area contributed by atoms with Crippen LogP contribution in [0, 0.1) is 0 Å². The van der Waals surface area contributed by atoms with Gasteiger partial charge in [-0.2, -0.15) is 4.98 Å². The maximum Gasteiger partial charge on any atom is 1.00 e. The Morgan fingerprint density at radius 3 is 2.21 bits per heavy atom. The number of aldehydes is 1. The van der Waals surface area contributed by atoms with Crippen molar-refractivity contribution in [1.82, 2.24) is 9.55 Å². The number of phosphoric ester groups is 1. The summed E-state index contributed by atoms with van der Waals surface area (Å²) >= 11 is 0. The zero-order chi connectivity index (χ0) is 22.9. The number of nitrogens with two attached hydrogens (primary N) is 1. The molecule has 1 aliphatic rings. The van der Waals surface area contributed by atoms with Gasteiger partial charge in [-0.15, -0.1) is 0 Å². The molecule has 1 aromatic rings.